The van der Waals surface area contributed by atoms with Crippen molar-refractivity contribution in [2.75, 3.05) is 6.61 Å². The number of aliphatic hydroxyl groups is 1. The summed E-state index contributed by atoms with van der Waals surface area (Å²) >= 11 is 0. The molecule has 1 N–H and O–H groups in total. The molecule has 0 aliphatic carbocycles. The van der Waals surface area contributed by atoms with Gasteiger partial charge in [-0.15, -0.1) is 0 Å². The van der Waals surface area contributed by atoms with Crippen molar-refractivity contribution >= 4 is 0 Å². The molecule has 0 spiro atoms. The van der Waals surface area contributed by atoms with E-state index in [0.717, 1.165) is 0 Å². The zero-order chi connectivity index (χ0) is 9.73. The fourth-order valence-electron chi connectivity index (χ4n) is 1.04. The van der Waals surface area contributed by atoms with Crippen LogP contribution in [0.15, 0.2) is 30.3 Å². The first-order valence-corrected chi connectivity index (χ1v) is 3.78. The Morgan fingerprint density at radius 2 is 1.69 bits per heavy atom. The van der Waals surface area contributed by atoms with Gasteiger partial charge in [-0.1, -0.05) is 30.3 Å². The first-order valence-electron chi connectivity index (χ1n) is 3.78. The Hall–Kier alpha value is -1.84. The van der Waals surface area contributed by atoms with Gasteiger partial charge in [-0.3, -0.25) is 0 Å². The molecule has 0 radical (unpaired) electrons. The molecule has 0 unspecified atom stereocenters. The zero-order valence-electron chi connectivity index (χ0n) is 6.94. The number of nitrogens with zero attached hydrogens (tertiary/aromatic N) is 2. The molecule has 3 heteroatoms. The summed E-state index contributed by atoms with van der Waals surface area (Å²) < 4.78 is 0. The monoisotopic (exact) mass is 172 g/mol. The van der Waals surface area contributed by atoms with Crippen molar-refractivity contribution < 1.29 is 5.11 Å². The van der Waals surface area contributed by atoms with Gasteiger partial charge in [0.15, 0.2) is 5.41 Å². The summed E-state index contributed by atoms with van der Waals surface area (Å²) in [7, 11) is 0. The summed E-state index contributed by atoms with van der Waals surface area (Å²) in [5.41, 5.74) is -0.885. The van der Waals surface area contributed by atoms with Crippen molar-refractivity contribution in [3.63, 3.8) is 0 Å². The largest absolute Gasteiger partial charge is 0.393 e. The predicted octanol–water partition coefficient (Wildman–Crippen LogP) is 0.964. The lowest BCUT2D eigenvalue weighted by atomic mass is 9.84. The zero-order valence-corrected chi connectivity index (χ0v) is 6.94. The van der Waals surface area contributed by atoms with E-state index in [4.69, 9.17) is 15.6 Å². The third-order valence-corrected chi connectivity index (χ3v) is 1.89. The molecule has 1 aromatic rings. The minimum atomic E-state index is -1.42. The van der Waals surface area contributed by atoms with E-state index in [9.17, 15) is 0 Å². The van der Waals surface area contributed by atoms with E-state index in [1.54, 1.807) is 30.3 Å². The van der Waals surface area contributed by atoms with E-state index in [1.165, 1.54) is 0 Å². The van der Waals surface area contributed by atoms with E-state index in [0.29, 0.717) is 5.56 Å². The van der Waals surface area contributed by atoms with Gasteiger partial charge >= 0.3 is 0 Å². The highest BCUT2D eigenvalue weighted by Gasteiger charge is 2.31. The van der Waals surface area contributed by atoms with Crippen LogP contribution in [-0.2, 0) is 5.41 Å². The molecule has 0 saturated heterocycles. The van der Waals surface area contributed by atoms with Crippen LogP contribution in [0.5, 0.6) is 0 Å². The first kappa shape index (κ1) is 9.25. The van der Waals surface area contributed by atoms with Gasteiger partial charge in [0.2, 0.25) is 0 Å². The minimum Gasteiger partial charge on any atom is -0.393 e. The number of hydrogen-bond acceptors (Lipinski definition) is 3. The molecule has 0 aliphatic rings. The van der Waals surface area contributed by atoms with Crippen molar-refractivity contribution in [2.45, 2.75) is 5.41 Å². The van der Waals surface area contributed by atoms with Crippen LogP contribution in [0.2, 0.25) is 0 Å². The lowest BCUT2D eigenvalue weighted by Gasteiger charge is -2.14. The van der Waals surface area contributed by atoms with E-state index in [2.05, 4.69) is 0 Å². The molecule has 3 nitrogen and oxygen atoms in total. The predicted molar refractivity (Wildman–Crippen MR) is 46.4 cm³/mol. The lowest BCUT2D eigenvalue weighted by Crippen LogP contribution is -2.26. The molecule has 1 aromatic carbocycles. The summed E-state index contributed by atoms with van der Waals surface area (Å²) in [5.74, 6) is 0. The number of nitriles is 2. The summed E-state index contributed by atoms with van der Waals surface area (Å²) in [4.78, 5) is 0. The normalized spacial score (nSPS) is 10.1. The molecule has 64 valence electrons. The summed E-state index contributed by atoms with van der Waals surface area (Å²) in [5, 5.41) is 26.6. The van der Waals surface area contributed by atoms with Gasteiger partial charge < -0.3 is 5.11 Å². The van der Waals surface area contributed by atoms with Gasteiger partial charge in [0, 0.05) is 0 Å². The second kappa shape index (κ2) is 3.71. The number of rotatable bonds is 2. The van der Waals surface area contributed by atoms with Crippen LogP contribution in [0, 0.1) is 22.7 Å². The molecule has 0 amide bonds. The number of hydrogen-bond donors (Lipinski definition) is 1. The van der Waals surface area contributed by atoms with Crippen LogP contribution in [0.25, 0.3) is 0 Å². The van der Waals surface area contributed by atoms with E-state index >= 15 is 0 Å². The van der Waals surface area contributed by atoms with Crippen molar-refractivity contribution in [1.29, 1.82) is 10.5 Å². The van der Waals surface area contributed by atoms with Crippen molar-refractivity contribution in [3.8, 4) is 12.1 Å². The highest BCUT2D eigenvalue weighted by atomic mass is 16.3. The summed E-state index contributed by atoms with van der Waals surface area (Å²) in [6, 6.07) is 12.2. The Morgan fingerprint density at radius 1 is 1.15 bits per heavy atom. The molecule has 0 saturated carbocycles. The minimum absolute atomic E-state index is 0.482. The maximum atomic E-state index is 8.98. The average Bonchev–Trinajstić information content (AvgIpc) is 2.23. The molecule has 0 aromatic heterocycles. The Morgan fingerprint density at radius 3 is 2.08 bits per heavy atom. The summed E-state index contributed by atoms with van der Waals surface area (Å²) in [6.45, 7) is -0.482. The number of aliphatic hydroxyl groups excluding tert-OH is 1. The van der Waals surface area contributed by atoms with Crippen LogP contribution in [-0.4, -0.2) is 11.7 Å². The van der Waals surface area contributed by atoms with Crippen molar-refractivity contribution in [2.24, 2.45) is 0 Å². The molecular weight excluding hydrogens is 164 g/mol. The second-order valence-electron chi connectivity index (χ2n) is 2.65. The fraction of sp³-hybridized carbons (Fsp3) is 0.200. The smallest absolute Gasteiger partial charge is 0.191 e. The van der Waals surface area contributed by atoms with Crippen molar-refractivity contribution in [1.82, 2.24) is 0 Å². The van der Waals surface area contributed by atoms with E-state index in [-0.39, 0.29) is 0 Å². The Labute approximate surface area is 76.5 Å². The highest BCUT2D eigenvalue weighted by Crippen LogP contribution is 2.21. The molecule has 0 fully saturated rings. The number of benzene rings is 1. The lowest BCUT2D eigenvalue weighted by molar-refractivity contribution is 0.258. The van der Waals surface area contributed by atoms with Gasteiger partial charge in [-0.05, 0) is 5.56 Å². The first-order chi connectivity index (χ1) is 6.29. The third kappa shape index (κ3) is 1.51. The SMILES string of the molecule is N#CC(C#N)(CO)c1ccccc1. The van der Waals surface area contributed by atoms with Crippen LogP contribution in [0.4, 0.5) is 0 Å². The average molecular weight is 172 g/mol. The van der Waals surface area contributed by atoms with Crippen LogP contribution < -0.4 is 0 Å². The molecule has 0 aliphatic heterocycles. The Bertz CT molecular complexity index is 345. The van der Waals surface area contributed by atoms with E-state index < -0.39 is 12.0 Å². The fourth-order valence-corrected chi connectivity index (χ4v) is 1.04. The molecular formula is C10H8N2O. The standard InChI is InChI=1S/C10H8N2O/c11-6-10(7-12,8-13)9-4-2-1-3-5-9/h1-5,13H,8H2. The maximum absolute atomic E-state index is 8.98. The van der Waals surface area contributed by atoms with Gasteiger partial charge in [0.1, 0.15) is 0 Å². The quantitative estimate of drug-likeness (QED) is 0.722. The second-order valence-corrected chi connectivity index (χ2v) is 2.65. The molecule has 1 rings (SSSR count). The summed E-state index contributed by atoms with van der Waals surface area (Å²) in [6.07, 6.45) is 0. The third-order valence-electron chi connectivity index (χ3n) is 1.89. The van der Waals surface area contributed by atoms with Crippen LogP contribution >= 0.6 is 0 Å². The maximum Gasteiger partial charge on any atom is 0.191 e. The Balaban J connectivity index is 3.21. The van der Waals surface area contributed by atoms with Crippen LogP contribution in [0.1, 0.15) is 5.56 Å². The van der Waals surface area contributed by atoms with Crippen molar-refractivity contribution in [3.05, 3.63) is 35.9 Å². The van der Waals surface area contributed by atoms with Gasteiger partial charge in [0.25, 0.3) is 0 Å². The van der Waals surface area contributed by atoms with Gasteiger partial charge in [0.05, 0.1) is 18.7 Å². The highest BCUT2D eigenvalue weighted by molar-refractivity contribution is 5.39. The van der Waals surface area contributed by atoms with Gasteiger partial charge in [-0.2, -0.15) is 10.5 Å². The molecule has 0 bridgehead atoms. The molecule has 13 heavy (non-hydrogen) atoms. The Kier molecular flexibility index (Phi) is 2.64. The van der Waals surface area contributed by atoms with Gasteiger partial charge in [-0.25, -0.2) is 0 Å². The van der Waals surface area contributed by atoms with E-state index in [1.807, 2.05) is 12.1 Å². The molecule has 0 heterocycles. The topological polar surface area (TPSA) is 67.8 Å². The molecule has 0 atom stereocenters. The van der Waals surface area contributed by atoms with Crippen LogP contribution in [0.3, 0.4) is 0 Å².